The van der Waals surface area contributed by atoms with Gasteiger partial charge < -0.3 is 18.8 Å². The molecular weight excluding hydrogens is 430 g/mol. The van der Waals surface area contributed by atoms with E-state index in [1.54, 1.807) is 26.4 Å². The third kappa shape index (κ3) is 4.53. The summed E-state index contributed by atoms with van der Waals surface area (Å²) in [4.78, 5) is 17.8. The number of hydrogen-bond donors (Lipinski definition) is 0. The molecule has 1 fully saturated rings. The summed E-state index contributed by atoms with van der Waals surface area (Å²) in [5.74, 6) is 0.812. The van der Waals surface area contributed by atoms with Crippen LogP contribution in [0.5, 0.6) is 11.5 Å². The van der Waals surface area contributed by atoms with Crippen LogP contribution in [0.3, 0.4) is 0 Å². The van der Waals surface area contributed by atoms with E-state index in [0.29, 0.717) is 55.4 Å². The normalized spacial score (nSPS) is 18.3. The van der Waals surface area contributed by atoms with Crippen LogP contribution in [0.25, 0.3) is 10.2 Å². The van der Waals surface area contributed by atoms with E-state index in [0.717, 1.165) is 16.5 Å². The molecule has 0 N–H and O–H groups in total. The van der Waals surface area contributed by atoms with Crippen molar-refractivity contribution in [1.82, 2.24) is 8.87 Å². The van der Waals surface area contributed by atoms with Gasteiger partial charge >= 0.3 is 0 Å². The smallest absolute Gasteiger partial charge is 0.266 e. The first-order valence-corrected chi connectivity index (χ1v) is 12.4. The third-order valence-corrected chi connectivity index (χ3v) is 7.36. The van der Waals surface area contributed by atoms with Crippen LogP contribution in [-0.4, -0.2) is 69.5 Å². The average Bonchev–Trinajstić information content (AvgIpc) is 3.33. The summed E-state index contributed by atoms with van der Waals surface area (Å²) in [5.41, 5.74) is 0.763. The zero-order valence-corrected chi connectivity index (χ0v) is 19.2. The molecule has 166 valence electrons. The molecule has 11 heteroatoms. The molecule has 1 aromatic carbocycles. The Morgan fingerprint density at radius 1 is 1.27 bits per heavy atom. The molecular formula is C19H27N3O6S2. The number of sulfonamides is 1. The number of ether oxygens (including phenoxy) is 3. The number of amides is 1. The largest absolute Gasteiger partial charge is 0.495 e. The number of benzene rings is 1. The lowest BCUT2D eigenvalue weighted by Gasteiger charge is -2.18. The van der Waals surface area contributed by atoms with Crippen LogP contribution in [0.15, 0.2) is 17.1 Å². The monoisotopic (exact) mass is 457 g/mol. The minimum atomic E-state index is -3.47. The standard InChI is InChI=1S/C19H27N3O6S2/c1-5-28-12-11-21-16-14(26-2)8-9-15(27-3)17(16)29-19(21)20-18(23)13-7-6-10-22(13)30(4,24)25/h8-9,13H,5-7,10-12H2,1-4H3. The van der Waals surface area contributed by atoms with Crippen LogP contribution in [0.1, 0.15) is 19.8 Å². The molecule has 2 aromatic rings. The highest BCUT2D eigenvalue weighted by Gasteiger charge is 2.36. The fourth-order valence-electron chi connectivity index (χ4n) is 3.60. The summed E-state index contributed by atoms with van der Waals surface area (Å²) in [6, 6.07) is 2.84. The second-order valence-electron chi connectivity index (χ2n) is 6.86. The molecule has 1 atom stereocenters. The maximum atomic E-state index is 13.0. The van der Waals surface area contributed by atoms with Crippen LogP contribution in [-0.2, 0) is 26.1 Å². The first-order valence-electron chi connectivity index (χ1n) is 9.69. The third-order valence-electron chi connectivity index (χ3n) is 4.98. The molecule has 2 heterocycles. The number of carbonyl (C=O) groups is 1. The van der Waals surface area contributed by atoms with Gasteiger partial charge in [-0.1, -0.05) is 11.3 Å². The zero-order valence-electron chi connectivity index (χ0n) is 17.6. The predicted octanol–water partition coefficient (Wildman–Crippen LogP) is 1.61. The predicted molar refractivity (Wildman–Crippen MR) is 115 cm³/mol. The van der Waals surface area contributed by atoms with Crippen molar-refractivity contribution in [3.05, 3.63) is 16.9 Å². The Bertz CT molecular complexity index is 1090. The van der Waals surface area contributed by atoms with Crippen molar-refractivity contribution in [1.29, 1.82) is 0 Å². The lowest BCUT2D eigenvalue weighted by molar-refractivity contribution is -0.121. The number of thiazole rings is 1. The first-order chi connectivity index (χ1) is 14.3. The minimum absolute atomic E-state index is 0.336. The summed E-state index contributed by atoms with van der Waals surface area (Å²) < 4.78 is 44.5. The summed E-state index contributed by atoms with van der Waals surface area (Å²) in [7, 11) is -0.315. The molecule has 1 aliphatic rings. The second-order valence-corrected chi connectivity index (χ2v) is 9.78. The molecule has 1 saturated heterocycles. The molecule has 0 bridgehead atoms. The van der Waals surface area contributed by atoms with Crippen LogP contribution < -0.4 is 14.3 Å². The van der Waals surface area contributed by atoms with Gasteiger partial charge in [-0.05, 0) is 31.9 Å². The Labute approximate surface area is 179 Å². The van der Waals surface area contributed by atoms with E-state index in [9.17, 15) is 13.2 Å². The lowest BCUT2D eigenvalue weighted by atomic mass is 10.2. The molecule has 3 rings (SSSR count). The molecule has 1 amide bonds. The average molecular weight is 458 g/mol. The van der Waals surface area contributed by atoms with Crippen molar-refractivity contribution >= 4 is 37.5 Å². The Morgan fingerprint density at radius 2 is 1.97 bits per heavy atom. The van der Waals surface area contributed by atoms with E-state index >= 15 is 0 Å². The van der Waals surface area contributed by atoms with Crippen molar-refractivity contribution in [3.63, 3.8) is 0 Å². The van der Waals surface area contributed by atoms with E-state index in [1.165, 1.54) is 15.6 Å². The lowest BCUT2D eigenvalue weighted by Crippen LogP contribution is -2.40. The molecule has 30 heavy (non-hydrogen) atoms. The molecule has 9 nitrogen and oxygen atoms in total. The quantitative estimate of drug-likeness (QED) is 0.559. The van der Waals surface area contributed by atoms with Crippen LogP contribution >= 0.6 is 11.3 Å². The molecule has 1 aromatic heterocycles. The first kappa shape index (κ1) is 22.7. The Balaban J connectivity index is 2.13. The SMILES string of the molecule is CCOCCn1c(=NC(=O)C2CCCN2S(C)(=O)=O)sc2c(OC)ccc(OC)c21. The summed E-state index contributed by atoms with van der Waals surface area (Å²) >= 11 is 1.31. The Hall–Kier alpha value is -1.95. The maximum absolute atomic E-state index is 13.0. The van der Waals surface area contributed by atoms with Gasteiger partial charge in [0, 0.05) is 19.7 Å². The fourth-order valence-corrected chi connectivity index (χ4v) is 5.89. The number of aromatic nitrogens is 1. The molecule has 0 saturated carbocycles. The Kier molecular flexibility index (Phi) is 7.17. The number of nitrogens with zero attached hydrogens (tertiary/aromatic N) is 3. The van der Waals surface area contributed by atoms with Crippen molar-refractivity contribution in [3.8, 4) is 11.5 Å². The molecule has 0 aliphatic carbocycles. The van der Waals surface area contributed by atoms with Gasteiger partial charge in [0.05, 0.1) is 27.1 Å². The van der Waals surface area contributed by atoms with E-state index in [-0.39, 0.29) is 0 Å². The molecule has 0 spiro atoms. The van der Waals surface area contributed by atoms with Crippen LogP contribution in [0.4, 0.5) is 0 Å². The van der Waals surface area contributed by atoms with Crippen molar-refractivity contribution in [2.24, 2.45) is 4.99 Å². The van der Waals surface area contributed by atoms with Crippen LogP contribution in [0.2, 0.25) is 0 Å². The minimum Gasteiger partial charge on any atom is -0.495 e. The maximum Gasteiger partial charge on any atom is 0.266 e. The number of hydrogen-bond acceptors (Lipinski definition) is 7. The molecule has 1 aliphatic heterocycles. The molecule has 0 radical (unpaired) electrons. The van der Waals surface area contributed by atoms with Crippen LogP contribution in [0, 0.1) is 0 Å². The van der Waals surface area contributed by atoms with E-state index in [4.69, 9.17) is 14.2 Å². The van der Waals surface area contributed by atoms with Gasteiger partial charge in [-0.25, -0.2) is 8.42 Å². The highest BCUT2D eigenvalue weighted by Crippen LogP contribution is 2.35. The fraction of sp³-hybridized carbons (Fsp3) is 0.579. The van der Waals surface area contributed by atoms with Gasteiger partial charge in [0.2, 0.25) is 10.0 Å². The van der Waals surface area contributed by atoms with Gasteiger partial charge in [0.15, 0.2) is 4.80 Å². The molecule has 1 unspecified atom stereocenters. The van der Waals surface area contributed by atoms with Gasteiger partial charge in [0.25, 0.3) is 5.91 Å². The van der Waals surface area contributed by atoms with E-state index in [1.807, 2.05) is 11.5 Å². The number of methoxy groups -OCH3 is 2. The topological polar surface area (TPSA) is 99.4 Å². The number of rotatable bonds is 8. The van der Waals surface area contributed by atoms with Gasteiger partial charge in [0.1, 0.15) is 27.8 Å². The van der Waals surface area contributed by atoms with Gasteiger partial charge in [-0.2, -0.15) is 9.30 Å². The van der Waals surface area contributed by atoms with E-state index in [2.05, 4.69) is 4.99 Å². The highest BCUT2D eigenvalue weighted by molar-refractivity contribution is 7.88. The zero-order chi connectivity index (χ0) is 21.9. The summed E-state index contributed by atoms with van der Waals surface area (Å²) in [5, 5.41) is 0. The summed E-state index contributed by atoms with van der Waals surface area (Å²) in [6.07, 6.45) is 2.22. The Morgan fingerprint density at radius 3 is 2.60 bits per heavy atom. The van der Waals surface area contributed by atoms with Gasteiger partial charge in [-0.3, -0.25) is 4.79 Å². The van der Waals surface area contributed by atoms with E-state index < -0.39 is 22.0 Å². The van der Waals surface area contributed by atoms with Crippen molar-refractivity contribution in [2.75, 3.05) is 40.2 Å². The van der Waals surface area contributed by atoms with Gasteiger partial charge in [-0.15, -0.1) is 0 Å². The van der Waals surface area contributed by atoms with Crippen molar-refractivity contribution in [2.45, 2.75) is 32.4 Å². The number of carbonyl (C=O) groups excluding carboxylic acids is 1. The highest BCUT2D eigenvalue weighted by atomic mass is 32.2. The number of fused-ring (bicyclic) bond motifs is 1. The van der Waals surface area contributed by atoms with Crippen molar-refractivity contribution < 1.29 is 27.4 Å². The summed E-state index contributed by atoms with van der Waals surface area (Å²) in [6.45, 7) is 3.71. The second kappa shape index (κ2) is 9.46.